The lowest BCUT2D eigenvalue weighted by molar-refractivity contribution is -0.141. The van der Waals surface area contributed by atoms with Crippen molar-refractivity contribution < 1.29 is 19.1 Å². The van der Waals surface area contributed by atoms with Gasteiger partial charge in [0.25, 0.3) is 0 Å². The molecule has 1 atom stereocenters. The number of carbonyl (C=O) groups is 2. The number of hydrogen-bond acceptors (Lipinski definition) is 4. The van der Waals surface area contributed by atoms with E-state index in [1.54, 1.807) is 13.2 Å². The van der Waals surface area contributed by atoms with Gasteiger partial charge in [-0.3, -0.25) is 9.59 Å². The van der Waals surface area contributed by atoms with Crippen LogP contribution in [-0.4, -0.2) is 49.0 Å². The normalized spacial score (nSPS) is 23.3. The van der Waals surface area contributed by atoms with Crippen molar-refractivity contribution in [3.8, 4) is 5.75 Å². The Labute approximate surface area is 142 Å². The molecule has 1 spiro atoms. The molecule has 2 aliphatic rings. The van der Waals surface area contributed by atoms with Crippen molar-refractivity contribution in [2.24, 2.45) is 5.41 Å². The highest BCUT2D eigenvalue weighted by Crippen LogP contribution is 2.39. The number of rotatable bonds is 4. The molecule has 0 saturated carbocycles. The maximum Gasteiger partial charge on any atom is 0.228 e. The van der Waals surface area contributed by atoms with Crippen LogP contribution in [0.1, 0.15) is 43.5 Å². The van der Waals surface area contributed by atoms with Crippen LogP contribution in [0.25, 0.3) is 0 Å². The minimum absolute atomic E-state index is 0.102. The Kier molecular flexibility index (Phi) is 4.38. The molecule has 1 aromatic rings. The first-order valence-electron chi connectivity index (χ1n) is 8.46. The lowest BCUT2D eigenvalue weighted by Gasteiger charge is -2.35. The van der Waals surface area contributed by atoms with Crippen molar-refractivity contribution in [1.82, 2.24) is 4.90 Å². The van der Waals surface area contributed by atoms with Crippen LogP contribution >= 0.6 is 0 Å². The maximum atomic E-state index is 12.9. The van der Waals surface area contributed by atoms with E-state index in [1.165, 1.54) is 0 Å². The quantitative estimate of drug-likeness (QED) is 0.851. The number of nitrogens with zero attached hydrogens (tertiary/aromatic N) is 1. The van der Waals surface area contributed by atoms with Gasteiger partial charge in [0.1, 0.15) is 11.4 Å². The third kappa shape index (κ3) is 3.05. The summed E-state index contributed by atoms with van der Waals surface area (Å²) in [5.41, 5.74) is -0.398. The number of amides is 1. The number of hydrogen-bond donors (Lipinski definition) is 0. The smallest absolute Gasteiger partial charge is 0.228 e. The van der Waals surface area contributed by atoms with E-state index in [2.05, 4.69) is 0 Å². The number of fused-ring (bicyclic) bond motifs is 1. The third-order valence-electron chi connectivity index (χ3n) is 5.11. The zero-order chi connectivity index (χ0) is 17.4. The Bertz CT molecular complexity index is 655. The number of benzene rings is 1. The molecule has 0 bridgehead atoms. The minimum Gasteiger partial charge on any atom is -0.484 e. The second-order valence-electron chi connectivity index (χ2n) is 7.48. The number of para-hydroxylation sites is 1. The van der Waals surface area contributed by atoms with Gasteiger partial charge in [-0.1, -0.05) is 26.0 Å². The monoisotopic (exact) mass is 331 g/mol. The summed E-state index contributed by atoms with van der Waals surface area (Å²) in [6.07, 6.45) is 1.71. The van der Waals surface area contributed by atoms with E-state index in [4.69, 9.17) is 9.47 Å². The van der Waals surface area contributed by atoms with Crippen molar-refractivity contribution in [2.45, 2.75) is 38.7 Å². The molecule has 2 aliphatic heterocycles. The van der Waals surface area contributed by atoms with Crippen molar-refractivity contribution in [3.63, 3.8) is 0 Å². The number of methoxy groups -OCH3 is 1. The lowest BCUT2D eigenvalue weighted by Crippen LogP contribution is -2.47. The number of ketones is 1. The van der Waals surface area contributed by atoms with Crippen molar-refractivity contribution in [1.29, 1.82) is 0 Å². The fourth-order valence-electron chi connectivity index (χ4n) is 3.58. The van der Waals surface area contributed by atoms with Crippen LogP contribution in [0, 0.1) is 5.41 Å². The SMILES string of the molecule is COCCC(C)(C)C(=O)N1CCC2(CC(=O)c3ccccc3O2)C1. The lowest BCUT2D eigenvalue weighted by atomic mass is 9.87. The van der Waals surface area contributed by atoms with Gasteiger partial charge in [0, 0.05) is 32.1 Å². The highest BCUT2D eigenvalue weighted by molar-refractivity contribution is 6.00. The highest BCUT2D eigenvalue weighted by Gasteiger charge is 2.48. The van der Waals surface area contributed by atoms with Crippen LogP contribution in [0.2, 0.25) is 0 Å². The standard InChI is InChI=1S/C19H25NO4/c1-18(2,9-11-23-3)17(22)20-10-8-19(13-20)12-15(21)14-6-4-5-7-16(14)24-19/h4-7H,8-13H2,1-3H3. The molecule has 130 valence electrons. The Morgan fingerprint density at radius 3 is 2.88 bits per heavy atom. The molecule has 1 saturated heterocycles. The zero-order valence-electron chi connectivity index (χ0n) is 14.6. The fourth-order valence-corrected chi connectivity index (χ4v) is 3.58. The predicted molar refractivity (Wildman–Crippen MR) is 90.2 cm³/mol. The van der Waals surface area contributed by atoms with Crippen molar-refractivity contribution in [2.75, 3.05) is 26.8 Å². The molecule has 1 aromatic carbocycles. The molecule has 5 nitrogen and oxygen atoms in total. The zero-order valence-corrected chi connectivity index (χ0v) is 14.6. The van der Waals surface area contributed by atoms with Crippen LogP contribution in [-0.2, 0) is 9.53 Å². The van der Waals surface area contributed by atoms with E-state index in [0.717, 1.165) is 0 Å². The summed E-state index contributed by atoms with van der Waals surface area (Å²) in [6.45, 7) is 5.55. The number of ether oxygens (including phenoxy) is 2. The first kappa shape index (κ1) is 17.0. The van der Waals surface area contributed by atoms with Gasteiger partial charge in [-0.2, -0.15) is 0 Å². The van der Waals surface area contributed by atoms with E-state index in [1.807, 2.05) is 36.9 Å². The number of Topliss-reactive ketones (excluding diaryl/α,β-unsaturated/α-hetero) is 1. The average molecular weight is 331 g/mol. The predicted octanol–water partition coefficient (Wildman–Crippen LogP) is 2.69. The summed E-state index contributed by atoms with van der Waals surface area (Å²) >= 11 is 0. The molecule has 1 fully saturated rings. The van der Waals surface area contributed by atoms with Gasteiger partial charge in [-0.05, 0) is 18.6 Å². The molecule has 1 amide bonds. The van der Waals surface area contributed by atoms with Crippen LogP contribution in [0.15, 0.2) is 24.3 Å². The molecule has 1 unspecified atom stereocenters. The van der Waals surface area contributed by atoms with Gasteiger partial charge < -0.3 is 14.4 Å². The van der Waals surface area contributed by atoms with E-state index >= 15 is 0 Å². The highest BCUT2D eigenvalue weighted by atomic mass is 16.5. The molecule has 0 aliphatic carbocycles. The minimum atomic E-state index is -0.571. The van der Waals surface area contributed by atoms with Crippen LogP contribution in [0.4, 0.5) is 0 Å². The van der Waals surface area contributed by atoms with Gasteiger partial charge in [0.2, 0.25) is 5.91 Å². The number of carbonyl (C=O) groups excluding carboxylic acids is 2. The molecule has 0 radical (unpaired) electrons. The van der Waals surface area contributed by atoms with E-state index in [0.29, 0.717) is 50.3 Å². The van der Waals surface area contributed by atoms with E-state index in [9.17, 15) is 9.59 Å². The van der Waals surface area contributed by atoms with Crippen LogP contribution in [0.5, 0.6) is 5.75 Å². The Balaban J connectivity index is 1.74. The summed E-state index contributed by atoms with van der Waals surface area (Å²) in [7, 11) is 1.64. The van der Waals surface area contributed by atoms with Crippen molar-refractivity contribution in [3.05, 3.63) is 29.8 Å². The first-order valence-corrected chi connectivity index (χ1v) is 8.46. The second-order valence-corrected chi connectivity index (χ2v) is 7.48. The molecule has 3 rings (SSSR count). The fraction of sp³-hybridized carbons (Fsp3) is 0.579. The van der Waals surface area contributed by atoms with E-state index in [-0.39, 0.29) is 11.7 Å². The Hall–Kier alpha value is -1.88. The summed E-state index contributed by atoms with van der Waals surface area (Å²) in [5.74, 6) is 0.845. The summed E-state index contributed by atoms with van der Waals surface area (Å²) < 4.78 is 11.3. The van der Waals surface area contributed by atoms with Gasteiger partial charge in [0.05, 0.1) is 18.5 Å². The molecule has 2 heterocycles. The average Bonchev–Trinajstić information content (AvgIpc) is 2.95. The van der Waals surface area contributed by atoms with Gasteiger partial charge in [-0.25, -0.2) is 0 Å². The maximum absolute atomic E-state index is 12.9. The van der Waals surface area contributed by atoms with Crippen LogP contribution in [0.3, 0.4) is 0 Å². The van der Waals surface area contributed by atoms with E-state index < -0.39 is 11.0 Å². The van der Waals surface area contributed by atoms with Crippen molar-refractivity contribution >= 4 is 11.7 Å². The Morgan fingerprint density at radius 2 is 2.12 bits per heavy atom. The second kappa shape index (κ2) is 6.20. The molecular formula is C19H25NO4. The molecule has 5 heteroatoms. The van der Waals surface area contributed by atoms with Gasteiger partial charge >= 0.3 is 0 Å². The molecular weight excluding hydrogens is 306 g/mol. The number of likely N-dealkylation sites (tertiary alicyclic amines) is 1. The summed E-state index contributed by atoms with van der Waals surface area (Å²) in [5, 5.41) is 0. The largest absolute Gasteiger partial charge is 0.484 e. The summed E-state index contributed by atoms with van der Waals surface area (Å²) in [4.78, 5) is 27.2. The molecule has 0 N–H and O–H groups in total. The Morgan fingerprint density at radius 1 is 1.38 bits per heavy atom. The van der Waals surface area contributed by atoms with Gasteiger partial charge in [0.15, 0.2) is 5.78 Å². The third-order valence-corrected chi connectivity index (χ3v) is 5.11. The first-order chi connectivity index (χ1) is 11.4. The molecule has 24 heavy (non-hydrogen) atoms. The van der Waals surface area contributed by atoms with Gasteiger partial charge in [-0.15, -0.1) is 0 Å². The molecule has 0 aromatic heterocycles. The summed E-state index contributed by atoms with van der Waals surface area (Å²) in [6, 6.07) is 7.36. The topological polar surface area (TPSA) is 55.8 Å². The van der Waals surface area contributed by atoms with Crippen LogP contribution < -0.4 is 4.74 Å².